The van der Waals surface area contributed by atoms with Crippen LogP contribution in [0.1, 0.15) is 0 Å². The number of anilines is 3. The first kappa shape index (κ1) is 21.5. The maximum atomic E-state index is 12.8. The average Bonchev–Trinajstić information content (AvgIpc) is 3.27. The summed E-state index contributed by atoms with van der Waals surface area (Å²) in [7, 11) is 0. The van der Waals surface area contributed by atoms with Gasteiger partial charge in [0.1, 0.15) is 12.6 Å². The number of morpholine rings is 1. The van der Waals surface area contributed by atoms with Crippen LogP contribution in [0.5, 0.6) is 0 Å². The van der Waals surface area contributed by atoms with Crippen LogP contribution in [0.3, 0.4) is 0 Å². The van der Waals surface area contributed by atoms with E-state index in [0.29, 0.717) is 41.2 Å². The molecule has 2 aliphatic heterocycles. The molecule has 2 N–H and O–H groups in total. The molecule has 0 aromatic heterocycles. The Morgan fingerprint density at radius 1 is 1.03 bits per heavy atom. The van der Waals surface area contributed by atoms with Crippen molar-refractivity contribution in [2.45, 2.75) is 6.04 Å². The number of benzene rings is 2. The summed E-state index contributed by atoms with van der Waals surface area (Å²) in [6, 6.07) is 12.9. The molecule has 2 aliphatic rings. The number of rotatable bonds is 4. The second kappa shape index (κ2) is 9.59. The lowest BCUT2D eigenvalue weighted by atomic mass is 10.2. The van der Waals surface area contributed by atoms with Crippen molar-refractivity contribution < 1.29 is 19.1 Å². The molecule has 0 saturated carbocycles. The van der Waals surface area contributed by atoms with E-state index in [1.165, 1.54) is 16.7 Å². The number of carbonyl (C=O) groups excluding carboxylic acids is 3. The number of thioether (sulfide) groups is 1. The van der Waals surface area contributed by atoms with Crippen molar-refractivity contribution in [3.63, 3.8) is 0 Å². The van der Waals surface area contributed by atoms with E-state index in [0.717, 1.165) is 5.69 Å². The van der Waals surface area contributed by atoms with Gasteiger partial charge in [0, 0.05) is 34.4 Å². The molecule has 0 radical (unpaired) electrons. The second-order valence-corrected chi connectivity index (χ2v) is 8.49. The first-order chi connectivity index (χ1) is 15.0. The molecule has 8 nitrogen and oxygen atoms in total. The van der Waals surface area contributed by atoms with Crippen LogP contribution in [0.25, 0.3) is 0 Å². The van der Waals surface area contributed by atoms with Gasteiger partial charge >= 0.3 is 6.03 Å². The van der Waals surface area contributed by atoms with Crippen molar-refractivity contribution in [2.24, 2.45) is 0 Å². The van der Waals surface area contributed by atoms with Crippen molar-refractivity contribution in [3.05, 3.63) is 53.6 Å². The molecule has 4 amide bonds. The van der Waals surface area contributed by atoms with Gasteiger partial charge in [0.2, 0.25) is 5.91 Å². The van der Waals surface area contributed by atoms with Crippen molar-refractivity contribution in [3.8, 4) is 0 Å². The minimum absolute atomic E-state index is 0.0752. The lowest BCUT2D eigenvalue weighted by Crippen LogP contribution is -2.46. The molecule has 31 heavy (non-hydrogen) atoms. The highest BCUT2D eigenvalue weighted by Gasteiger charge is 2.35. The molecular weight excluding hydrogens is 440 g/mol. The van der Waals surface area contributed by atoms with Crippen LogP contribution >= 0.6 is 23.4 Å². The third kappa shape index (κ3) is 5.12. The van der Waals surface area contributed by atoms with Gasteiger partial charge in [0.25, 0.3) is 5.91 Å². The Bertz CT molecular complexity index is 970. The van der Waals surface area contributed by atoms with Crippen LogP contribution in [-0.4, -0.2) is 60.2 Å². The fraction of sp³-hybridized carbons (Fsp3) is 0.286. The predicted molar refractivity (Wildman–Crippen MR) is 122 cm³/mol. The van der Waals surface area contributed by atoms with Crippen LogP contribution < -0.4 is 15.5 Å². The Hall–Kier alpha value is -2.75. The lowest BCUT2D eigenvalue weighted by molar-refractivity contribution is -0.125. The molecule has 1 atom stereocenters. The number of nitrogens with one attached hydrogen (secondary N) is 2. The molecule has 2 saturated heterocycles. The Balaban J connectivity index is 1.37. The Morgan fingerprint density at radius 3 is 2.42 bits per heavy atom. The number of urea groups is 1. The van der Waals surface area contributed by atoms with Crippen LogP contribution in [0, 0.1) is 0 Å². The molecule has 10 heteroatoms. The molecule has 0 bridgehead atoms. The van der Waals surface area contributed by atoms with E-state index in [9.17, 15) is 14.4 Å². The zero-order chi connectivity index (χ0) is 21.8. The molecule has 0 unspecified atom stereocenters. The fourth-order valence-electron chi connectivity index (χ4n) is 3.33. The van der Waals surface area contributed by atoms with Crippen molar-refractivity contribution in [2.75, 3.05) is 46.9 Å². The first-order valence-corrected chi connectivity index (χ1v) is 11.2. The van der Waals surface area contributed by atoms with E-state index >= 15 is 0 Å². The lowest BCUT2D eigenvalue weighted by Gasteiger charge is -2.27. The van der Waals surface area contributed by atoms with E-state index in [1.54, 1.807) is 53.4 Å². The van der Waals surface area contributed by atoms with Gasteiger partial charge in [0.15, 0.2) is 0 Å². The van der Waals surface area contributed by atoms with Gasteiger partial charge in [-0.15, -0.1) is 11.8 Å². The van der Waals surface area contributed by atoms with Gasteiger partial charge in [-0.25, -0.2) is 4.79 Å². The molecule has 0 aliphatic carbocycles. The Kier molecular flexibility index (Phi) is 6.64. The Labute approximate surface area is 188 Å². The summed E-state index contributed by atoms with van der Waals surface area (Å²) >= 11 is 7.39. The van der Waals surface area contributed by atoms with Gasteiger partial charge in [-0.1, -0.05) is 11.6 Å². The van der Waals surface area contributed by atoms with Crippen LogP contribution in [0.2, 0.25) is 5.02 Å². The molecule has 0 spiro atoms. The topological polar surface area (TPSA) is 91.0 Å². The third-order valence-corrected chi connectivity index (χ3v) is 6.24. The fourth-order valence-corrected chi connectivity index (χ4v) is 4.61. The van der Waals surface area contributed by atoms with Crippen LogP contribution in [-0.2, 0) is 14.3 Å². The average molecular weight is 461 g/mol. The number of carbonyl (C=O) groups is 3. The molecule has 2 heterocycles. The highest BCUT2D eigenvalue weighted by Crippen LogP contribution is 2.25. The third-order valence-electron chi connectivity index (χ3n) is 4.97. The van der Waals surface area contributed by atoms with Gasteiger partial charge in [-0.05, 0) is 48.5 Å². The smallest absolute Gasteiger partial charge is 0.323 e. The molecular formula is C21H21ClN4O4S. The molecule has 2 aromatic rings. The van der Waals surface area contributed by atoms with Gasteiger partial charge in [-0.2, -0.15) is 0 Å². The summed E-state index contributed by atoms with van der Waals surface area (Å²) < 4.78 is 5.15. The summed E-state index contributed by atoms with van der Waals surface area (Å²) in [6.45, 7) is 1.07. The van der Waals surface area contributed by atoms with E-state index in [-0.39, 0.29) is 24.5 Å². The standard InChI is InChI=1S/C21H21ClN4O4S/c22-14-1-3-16(4-2-14)24-21(29)26-13-31-12-18(26)20(28)23-15-5-7-17(8-6-15)25-9-10-30-11-19(25)27/h1-8,18H,9-13H2,(H,23,28)(H,24,29)/t18-/m0/s1. The zero-order valence-corrected chi connectivity index (χ0v) is 18.1. The van der Waals surface area contributed by atoms with E-state index < -0.39 is 6.04 Å². The van der Waals surface area contributed by atoms with Crippen molar-refractivity contribution >= 4 is 58.3 Å². The predicted octanol–water partition coefficient (Wildman–Crippen LogP) is 3.25. The molecule has 2 fully saturated rings. The summed E-state index contributed by atoms with van der Waals surface area (Å²) in [5.41, 5.74) is 1.97. The van der Waals surface area contributed by atoms with Gasteiger partial charge in [-0.3, -0.25) is 9.59 Å². The number of amides is 4. The van der Waals surface area contributed by atoms with Crippen molar-refractivity contribution in [1.82, 2.24) is 4.90 Å². The summed E-state index contributed by atoms with van der Waals surface area (Å²) in [6.07, 6.45) is 0. The monoisotopic (exact) mass is 460 g/mol. The van der Waals surface area contributed by atoms with Gasteiger partial charge in [0.05, 0.1) is 12.5 Å². The minimum atomic E-state index is -0.585. The number of halogens is 1. The quantitative estimate of drug-likeness (QED) is 0.730. The molecule has 162 valence electrons. The highest BCUT2D eigenvalue weighted by atomic mass is 35.5. The highest BCUT2D eigenvalue weighted by molar-refractivity contribution is 7.99. The maximum absolute atomic E-state index is 12.8. The van der Waals surface area contributed by atoms with E-state index in [4.69, 9.17) is 16.3 Å². The SMILES string of the molecule is O=C(Nc1ccc(N2CCOCC2=O)cc1)[C@@H]1CSCN1C(=O)Nc1ccc(Cl)cc1. The second-order valence-electron chi connectivity index (χ2n) is 7.06. The first-order valence-electron chi connectivity index (χ1n) is 9.71. The van der Waals surface area contributed by atoms with Crippen molar-refractivity contribution in [1.29, 1.82) is 0 Å². The number of nitrogens with zero attached hydrogens (tertiary/aromatic N) is 2. The zero-order valence-electron chi connectivity index (χ0n) is 16.5. The summed E-state index contributed by atoms with van der Waals surface area (Å²) in [5.74, 6) is 0.593. The Morgan fingerprint density at radius 2 is 1.71 bits per heavy atom. The molecule has 2 aromatic carbocycles. The normalized spacial score (nSPS) is 18.7. The summed E-state index contributed by atoms with van der Waals surface area (Å²) in [4.78, 5) is 40.6. The van der Waals surface area contributed by atoms with Crippen LogP contribution in [0.15, 0.2) is 48.5 Å². The van der Waals surface area contributed by atoms with Crippen LogP contribution in [0.4, 0.5) is 21.9 Å². The maximum Gasteiger partial charge on any atom is 0.323 e. The van der Waals surface area contributed by atoms with Gasteiger partial charge < -0.3 is 25.2 Å². The number of ether oxygens (including phenoxy) is 1. The molecule has 4 rings (SSSR count). The minimum Gasteiger partial charge on any atom is -0.370 e. The van der Waals surface area contributed by atoms with E-state index in [2.05, 4.69) is 10.6 Å². The van der Waals surface area contributed by atoms with E-state index in [1.807, 2.05) is 0 Å². The number of hydrogen-bond donors (Lipinski definition) is 2. The number of hydrogen-bond acceptors (Lipinski definition) is 5. The summed E-state index contributed by atoms with van der Waals surface area (Å²) in [5, 5.41) is 6.24. The largest absolute Gasteiger partial charge is 0.370 e.